The summed E-state index contributed by atoms with van der Waals surface area (Å²) >= 11 is 0. The number of piperidine rings is 1. The summed E-state index contributed by atoms with van der Waals surface area (Å²) in [5, 5.41) is 3.08. The summed E-state index contributed by atoms with van der Waals surface area (Å²) in [4.78, 5) is 11.5. The van der Waals surface area contributed by atoms with E-state index in [1.54, 1.807) is 6.20 Å². The summed E-state index contributed by atoms with van der Waals surface area (Å²) in [6.45, 7) is 2.96. The van der Waals surface area contributed by atoms with E-state index in [4.69, 9.17) is 10.5 Å². The summed E-state index contributed by atoms with van der Waals surface area (Å²) in [5.41, 5.74) is 6.25. The van der Waals surface area contributed by atoms with Gasteiger partial charge in [0.2, 0.25) is 0 Å². The lowest BCUT2D eigenvalue weighted by Gasteiger charge is -2.44. The van der Waals surface area contributed by atoms with Gasteiger partial charge in [-0.2, -0.15) is 0 Å². The van der Waals surface area contributed by atoms with E-state index in [9.17, 15) is 0 Å². The molecule has 0 amide bonds. The number of pyridine rings is 1. The molecule has 0 spiro atoms. The van der Waals surface area contributed by atoms with Gasteiger partial charge in [0.1, 0.15) is 5.82 Å². The lowest BCUT2D eigenvalue weighted by Crippen LogP contribution is -2.53. The predicted octanol–water partition coefficient (Wildman–Crippen LogP) is 2.85. The minimum Gasteiger partial charge on any atom is -0.381 e. The maximum absolute atomic E-state index is 6.08. The van der Waals surface area contributed by atoms with E-state index in [1.807, 2.05) is 25.3 Å². The first kappa shape index (κ1) is 20.4. The number of nitrogens with two attached hydrogens (primary N) is 1. The molecule has 0 unspecified atom stereocenters. The van der Waals surface area contributed by atoms with Gasteiger partial charge in [-0.05, 0) is 37.8 Å². The van der Waals surface area contributed by atoms with Crippen molar-refractivity contribution in [1.82, 2.24) is 9.88 Å². The molecule has 25 heavy (non-hydrogen) atoms. The van der Waals surface area contributed by atoms with Crippen LogP contribution in [-0.2, 0) is 4.74 Å². The molecule has 1 saturated heterocycles. The van der Waals surface area contributed by atoms with Crippen molar-refractivity contribution in [2.45, 2.75) is 50.2 Å². The first-order valence-corrected chi connectivity index (χ1v) is 8.98. The second kappa shape index (κ2) is 9.68. The van der Waals surface area contributed by atoms with Crippen molar-refractivity contribution in [1.29, 1.82) is 0 Å². The zero-order valence-corrected chi connectivity index (χ0v) is 17.3. The standard InChI is InChI=1S/C18H29N5O.HI/c1-24-15-7-12-23(13-8-15)18(9-3-4-10-18)14-21-17(19)22-16-6-2-5-11-20-16;/h2,5-6,11,15H,3-4,7-10,12-14H2,1H3,(H3,19,20,21,22);1H. The van der Waals surface area contributed by atoms with Crippen molar-refractivity contribution >= 4 is 35.8 Å². The number of aromatic nitrogens is 1. The van der Waals surface area contributed by atoms with Crippen molar-refractivity contribution in [3.05, 3.63) is 24.4 Å². The monoisotopic (exact) mass is 459 g/mol. The smallest absolute Gasteiger partial charge is 0.194 e. The summed E-state index contributed by atoms with van der Waals surface area (Å²) in [5.74, 6) is 1.19. The van der Waals surface area contributed by atoms with Crippen molar-refractivity contribution in [2.24, 2.45) is 10.7 Å². The summed E-state index contributed by atoms with van der Waals surface area (Å²) < 4.78 is 5.51. The molecule has 6 nitrogen and oxygen atoms in total. The number of hydrogen-bond acceptors (Lipinski definition) is 4. The Morgan fingerprint density at radius 3 is 2.68 bits per heavy atom. The number of aliphatic imine (C=N–C) groups is 1. The van der Waals surface area contributed by atoms with Crippen molar-refractivity contribution in [2.75, 3.05) is 32.1 Å². The molecule has 3 N–H and O–H groups in total. The Morgan fingerprint density at radius 1 is 1.36 bits per heavy atom. The fourth-order valence-corrected chi connectivity index (χ4v) is 4.01. The molecule has 2 heterocycles. The SMILES string of the molecule is COC1CCN(C2(CN=C(N)Nc3ccccn3)CCCC2)CC1.I. The molecular formula is C18H30IN5O. The largest absolute Gasteiger partial charge is 0.381 e. The highest BCUT2D eigenvalue weighted by Crippen LogP contribution is 2.37. The van der Waals surface area contributed by atoms with Gasteiger partial charge in [0, 0.05) is 31.9 Å². The molecule has 0 atom stereocenters. The number of ether oxygens (including phenoxy) is 1. The van der Waals surface area contributed by atoms with E-state index in [-0.39, 0.29) is 29.5 Å². The van der Waals surface area contributed by atoms with Crippen LogP contribution in [0.2, 0.25) is 0 Å². The molecular weight excluding hydrogens is 429 g/mol. The summed E-state index contributed by atoms with van der Waals surface area (Å²) in [6, 6.07) is 5.71. The maximum atomic E-state index is 6.08. The minimum absolute atomic E-state index is 0. The number of halogens is 1. The van der Waals surface area contributed by atoms with Gasteiger partial charge in [-0.1, -0.05) is 18.9 Å². The Hall–Kier alpha value is -0.930. The van der Waals surface area contributed by atoms with Crippen LogP contribution in [0.25, 0.3) is 0 Å². The molecule has 1 aliphatic heterocycles. The Balaban J connectivity index is 0.00000225. The number of rotatable bonds is 5. The number of methoxy groups -OCH3 is 1. The van der Waals surface area contributed by atoms with Gasteiger partial charge in [-0.15, -0.1) is 24.0 Å². The molecule has 3 rings (SSSR count). The van der Waals surface area contributed by atoms with Gasteiger partial charge < -0.3 is 15.8 Å². The number of nitrogens with one attached hydrogen (secondary N) is 1. The first-order chi connectivity index (χ1) is 11.7. The zero-order valence-electron chi connectivity index (χ0n) is 15.0. The first-order valence-electron chi connectivity index (χ1n) is 8.98. The van der Waals surface area contributed by atoms with Crippen LogP contribution in [0.5, 0.6) is 0 Å². The molecule has 2 fully saturated rings. The van der Waals surface area contributed by atoms with Crippen molar-refractivity contribution in [3.63, 3.8) is 0 Å². The highest BCUT2D eigenvalue weighted by Gasteiger charge is 2.40. The zero-order chi connectivity index (χ0) is 16.8. The van der Waals surface area contributed by atoms with Gasteiger partial charge in [-0.3, -0.25) is 9.89 Å². The Kier molecular flexibility index (Phi) is 7.89. The number of likely N-dealkylation sites (tertiary alicyclic amines) is 1. The second-order valence-corrected chi connectivity index (χ2v) is 6.90. The van der Waals surface area contributed by atoms with Crippen molar-refractivity contribution in [3.8, 4) is 0 Å². The molecule has 1 aromatic heterocycles. The molecule has 7 heteroatoms. The van der Waals surface area contributed by atoms with Crippen LogP contribution < -0.4 is 11.1 Å². The van der Waals surface area contributed by atoms with Crippen LogP contribution >= 0.6 is 24.0 Å². The lowest BCUT2D eigenvalue weighted by molar-refractivity contribution is -0.0000294. The number of anilines is 1. The molecule has 2 aliphatic rings. The van der Waals surface area contributed by atoms with Crippen LogP contribution in [0.15, 0.2) is 29.4 Å². The van der Waals surface area contributed by atoms with Crippen molar-refractivity contribution < 1.29 is 4.74 Å². The summed E-state index contributed by atoms with van der Waals surface area (Å²) in [6.07, 6.45) is 9.39. The van der Waals surface area contributed by atoms with Gasteiger partial charge in [0.15, 0.2) is 5.96 Å². The minimum atomic E-state index is 0. The van der Waals surface area contributed by atoms with Crippen LogP contribution in [0.3, 0.4) is 0 Å². The number of guanidine groups is 1. The van der Waals surface area contributed by atoms with E-state index in [1.165, 1.54) is 25.7 Å². The van der Waals surface area contributed by atoms with Crippen LogP contribution in [0, 0.1) is 0 Å². The number of nitrogens with zero attached hydrogens (tertiary/aromatic N) is 3. The average molecular weight is 459 g/mol. The van der Waals surface area contributed by atoms with Gasteiger partial charge in [0.25, 0.3) is 0 Å². The van der Waals surface area contributed by atoms with E-state index in [0.717, 1.165) is 38.3 Å². The Morgan fingerprint density at radius 2 is 2.08 bits per heavy atom. The molecule has 1 aromatic rings. The van der Waals surface area contributed by atoms with E-state index in [2.05, 4.69) is 20.2 Å². The third-order valence-electron chi connectivity index (χ3n) is 5.45. The third-order valence-corrected chi connectivity index (χ3v) is 5.45. The molecule has 0 radical (unpaired) electrons. The summed E-state index contributed by atoms with van der Waals surface area (Å²) in [7, 11) is 1.82. The van der Waals surface area contributed by atoms with E-state index < -0.39 is 0 Å². The highest BCUT2D eigenvalue weighted by molar-refractivity contribution is 14.0. The predicted molar refractivity (Wildman–Crippen MR) is 113 cm³/mol. The Bertz CT molecular complexity index is 540. The molecule has 1 saturated carbocycles. The van der Waals surface area contributed by atoms with Gasteiger partial charge in [-0.25, -0.2) is 4.98 Å². The topological polar surface area (TPSA) is 75.8 Å². The molecule has 1 aliphatic carbocycles. The van der Waals surface area contributed by atoms with Gasteiger partial charge >= 0.3 is 0 Å². The van der Waals surface area contributed by atoms with E-state index in [0.29, 0.717) is 12.1 Å². The third kappa shape index (κ3) is 5.27. The molecule has 0 aromatic carbocycles. The second-order valence-electron chi connectivity index (χ2n) is 6.90. The van der Waals surface area contributed by atoms with Crippen LogP contribution in [0.4, 0.5) is 5.82 Å². The molecule has 140 valence electrons. The maximum Gasteiger partial charge on any atom is 0.194 e. The fourth-order valence-electron chi connectivity index (χ4n) is 4.01. The number of hydrogen-bond donors (Lipinski definition) is 2. The fraction of sp³-hybridized carbons (Fsp3) is 0.667. The average Bonchev–Trinajstić information content (AvgIpc) is 3.11. The van der Waals surface area contributed by atoms with Gasteiger partial charge in [0.05, 0.1) is 12.6 Å². The quantitative estimate of drug-likeness (QED) is 0.403. The normalized spacial score (nSPS) is 21.7. The van der Waals surface area contributed by atoms with E-state index >= 15 is 0 Å². The highest BCUT2D eigenvalue weighted by atomic mass is 127. The Labute approximate surface area is 167 Å². The molecule has 0 bridgehead atoms. The van der Waals surface area contributed by atoms with Crippen LogP contribution in [0.1, 0.15) is 38.5 Å². The lowest BCUT2D eigenvalue weighted by atomic mass is 9.91. The van der Waals surface area contributed by atoms with Crippen LogP contribution in [-0.4, -0.2) is 54.2 Å².